The fraction of sp³-hybridized carbons (Fsp3) is 0.435. The number of carbonyl (C=O) groups excluding carboxylic acids is 3. The topological polar surface area (TPSA) is 96.4 Å². The fourth-order valence-electron chi connectivity index (χ4n) is 4.51. The highest BCUT2D eigenvalue weighted by Crippen LogP contribution is 2.47. The van der Waals surface area contributed by atoms with E-state index in [1.165, 1.54) is 11.0 Å². The average Bonchev–Trinajstić information content (AvgIpc) is 3.12. The van der Waals surface area contributed by atoms with Gasteiger partial charge in [-0.2, -0.15) is 0 Å². The van der Waals surface area contributed by atoms with Crippen LogP contribution in [0.1, 0.15) is 29.3 Å². The molecule has 0 radical (unpaired) electrons. The van der Waals surface area contributed by atoms with Crippen molar-refractivity contribution >= 4 is 23.4 Å². The molecular weight excluding hydrogens is 400 g/mol. The molecule has 0 aromatic heterocycles. The van der Waals surface area contributed by atoms with Gasteiger partial charge in [0.1, 0.15) is 12.3 Å². The monoisotopic (exact) mass is 426 g/mol. The maximum Gasteiger partial charge on any atom is 0.355 e. The summed E-state index contributed by atoms with van der Waals surface area (Å²) in [7, 11) is 0. The van der Waals surface area contributed by atoms with Crippen LogP contribution in [0.5, 0.6) is 0 Å². The molecule has 0 aliphatic carbocycles. The number of hydrogen-bond acceptors (Lipinski definition) is 6. The Morgan fingerprint density at radius 2 is 2.10 bits per heavy atom. The van der Waals surface area contributed by atoms with Crippen molar-refractivity contribution in [1.29, 1.82) is 0 Å². The van der Waals surface area contributed by atoms with Crippen LogP contribution in [0.3, 0.4) is 0 Å². The first-order valence-corrected chi connectivity index (χ1v) is 10.4. The van der Waals surface area contributed by atoms with Gasteiger partial charge in [-0.05, 0) is 36.6 Å². The van der Waals surface area contributed by atoms with Crippen molar-refractivity contribution in [2.45, 2.75) is 25.5 Å². The Hall–Kier alpha value is -2.97. The summed E-state index contributed by atoms with van der Waals surface area (Å²) < 4.78 is 10.6. The second-order valence-electron chi connectivity index (χ2n) is 7.95. The predicted octanol–water partition coefficient (Wildman–Crippen LogP) is 1.21. The van der Waals surface area contributed by atoms with E-state index in [2.05, 4.69) is 6.58 Å². The minimum absolute atomic E-state index is 0.0255. The number of ether oxygens (including phenoxy) is 2. The number of aliphatic hydroxyl groups excluding tert-OH is 1. The van der Waals surface area contributed by atoms with Crippen LogP contribution in [0.25, 0.3) is 5.57 Å². The van der Waals surface area contributed by atoms with Crippen LogP contribution < -0.4 is 0 Å². The first-order valence-electron chi connectivity index (χ1n) is 10.4. The Morgan fingerprint density at radius 1 is 1.35 bits per heavy atom. The van der Waals surface area contributed by atoms with Crippen molar-refractivity contribution in [3.63, 3.8) is 0 Å². The lowest BCUT2D eigenvalue weighted by atomic mass is 9.82. The Balaban J connectivity index is 1.68. The Bertz CT molecular complexity index is 947. The minimum Gasteiger partial charge on any atom is -0.457 e. The van der Waals surface area contributed by atoms with E-state index in [-0.39, 0.29) is 30.2 Å². The first kappa shape index (κ1) is 21.3. The van der Waals surface area contributed by atoms with Gasteiger partial charge in [-0.15, -0.1) is 0 Å². The van der Waals surface area contributed by atoms with Crippen LogP contribution in [0.15, 0.2) is 42.6 Å². The molecule has 1 aromatic carbocycles. The molecule has 8 nitrogen and oxygen atoms in total. The quantitative estimate of drug-likeness (QED) is 0.417. The summed E-state index contributed by atoms with van der Waals surface area (Å²) >= 11 is 0. The van der Waals surface area contributed by atoms with Gasteiger partial charge >= 0.3 is 5.97 Å². The largest absolute Gasteiger partial charge is 0.457 e. The molecule has 1 N–H and O–H groups in total. The summed E-state index contributed by atoms with van der Waals surface area (Å²) in [4.78, 5) is 41.5. The van der Waals surface area contributed by atoms with Gasteiger partial charge in [0.05, 0.1) is 31.3 Å². The molecule has 2 saturated heterocycles. The van der Waals surface area contributed by atoms with Crippen molar-refractivity contribution < 1.29 is 29.0 Å². The van der Waals surface area contributed by atoms with Crippen LogP contribution in [0.2, 0.25) is 0 Å². The lowest BCUT2D eigenvalue weighted by molar-refractivity contribution is -0.162. The maximum atomic E-state index is 12.9. The first-order chi connectivity index (χ1) is 14.9. The van der Waals surface area contributed by atoms with Gasteiger partial charge in [-0.3, -0.25) is 9.59 Å². The zero-order chi connectivity index (χ0) is 22.1. The second-order valence-corrected chi connectivity index (χ2v) is 7.95. The summed E-state index contributed by atoms with van der Waals surface area (Å²) in [6.07, 6.45) is 1.06. The Kier molecular flexibility index (Phi) is 5.93. The highest BCUT2D eigenvalue weighted by atomic mass is 16.5. The predicted molar refractivity (Wildman–Crippen MR) is 112 cm³/mol. The molecule has 4 rings (SSSR count). The number of carbonyl (C=O) groups is 3. The van der Waals surface area contributed by atoms with Gasteiger partial charge in [0.25, 0.3) is 5.91 Å². The number of morpholine rings is 1. The van der Waals surface area contributed by atoms with Gasteiger partial charge in [-0.1, -0.05) is 24.8 Å². The van der Waals surface area contributed by atoms with E-state index in [1.54, 1.807) is 30.0 Å². The third kappa shape index (κ3) is 3.77. The van der Waals surface area contributed by atoms with Crippen LogP contribution >= 0.6 is 0 Å². The SMILES string of the molecule is C=CCOC(=O)C1=C(c2cccc(C(=O)N3CCOCC3)c2)C[C@@H]2[C@@H]([C@@H](C)O)C(=O)N12. The average molecular weight is 426 g/mol. The van der Waals surface area contributed by atoms with Crippen molar-refractivity contribution in [2.24, 2.45) is 5.92 Å². The molecule has 3 heterocycles. The molecule has 3 aliphatic rings. The fourth-order valence-corrected chi connectivity index (χ4v) is 4.51. The number of nitrogens with zero attached hydrogens (tertiary/aromatic N) is 2. The molecule has 8 heteroatoms. The standard InChI is InChI=1S/C23H26N2O6/c1-3-9-31-23(29)20-17(13-18-19(14(2)26)22(28)25(18)20)15-5-4-6-16(12-15)21(27)24-7-10-30-11-8-24/h3-6,12,14,18-19,26H,1,7-11,13H2,2H3/t14-,18-,19-/m1/s1. The number of benzene rings is 1. The normalized spacial score (nSPS) is 23.9. The molecule has 1 aromatic rings. The van der Waals surface area contributed by atoms with E-state index in [0.29, 0.717) is 49.4 Å². The lowest BCUT2D eigenvalue weighted by Crippen LogP contribution is -2.61. The van der Waals surface area contributed by atoms with Crippen molar-refractivity contribution in [2.75, 3.05) is 32.9 Å². The number of aliphatic hydroxyl groups is 1. The van der Waals surface area contributed by atoms with Crippen molar-refractivity contribution in [1.82, 2.24) is 9.80 Å². The highest BCUT2D eigenvalue weighted by molar-refractivity contribution is 6.07. The van der Waals surface area contributed by atoms with Gasteiger partial charge in [-0.25, -0.2) is 4.79 Å². The summed E-state index contributed by atoms with van der Waals surface area (Å²) in [5.74, 6) is -1.56. The zero-order valence-electron chi connectivity index (χ0n) is 17.5. The summed E-state index contributed by atoms with van der Waals surface area (Å²) in [5, 5.41) is 10.0. The smallest absolute Gasteiger partial charge is 0.355 e. The number of rotatable bonds is 6. The molecule has 31 heavy (non-hydrogen) atoms. The molecule has 3 atom stereocenters. The molecule has 2 amide bonds. The Morgan fingerprint density at radius 3 is 2.77 bits per heavy atom. The minimum atomic E-state index is -0.812. The summed E-state index contributed by atoms with van der Waals surface area (Å²) in [5.41, 5.74) is 2.03. The van der Waals surface area contributed by atoms with Gasteiger partial charge in [0, 0.05) is 18.7 Å². The number of β-lactam (4-membered cyclic amide) rings is 1. The maximum absolute atomic E-state index is 12.9. The summed E-state index contributed by atoms with van der Waals surface area (Å²) in [6, 6.07) is 6.78. The summed E-state index contributed by atoms with van der Waals surface area (Å²) in [6.45, 7) is 7.24. The van der Waals surface area contributed by atoms with Crippen LogP contribution in [0.4, 0.5) is 0 Å². The second kappa shape index (κ2) is 8.64. The van der Waals surface area contributed by atoms with Gasteiger partial charge < -0.3 is 24.4 Å². The number of esters is 1. The molecule has 3 aliphatic heterocycles. The van der Waals surface area contributed by atoms with Crippen LogP contribution in [-0.2, 0) is 19.1 Å². The van der Waals surface area contributed by atoms with E-state index in [4.69, 9.17) is 9.47 Å². The molecule has 0 bridgehead atoms. The van der Waals surface area contributed by atoms with Crippen molar-refractivity contribution in [3.05, 3.63) is 53.7 Å². The highest BCUT2D eigenvalue weighted by Gasteiger charge is 2.57. The van der Waals surface area contributed by atoms with E-state index in [1.807, 2.05) is 6.07 Å². The third-order valence-electron chi connectivity index (χ3n) is 6.01. The molecule has 0 unspecified atom stereocenters. The molecule has 0 spiro atoms. The molecular formula is C23H26N2O6. The van der Waals surface area contributed by atoms with Crippen molar-refractivity contribution in [3.8, 4) is 0 Å². The molecule has 2 fully saturated rings. The molecule has 164 valence electrons. The number of amides is 2. The van der Waals surface area contributed by atoms with Gasteiger partial charge in [0.15, 0.2) is 0 Å². The van der Waals surface area contributed by atoms with E-state index in [9.17, 15) is 19.5 Å². The van der Waals surface area contributed by atoms with Crippen LogP contribution in [0, 0.1) is 5.92 Å². The zero-order valence-corrected chi connectivity index (χ0v) is 17.5. The molecule has 0 saturated carbocycles. The lowest BCUT2D eigenvalue weighted by Gasteiger charge is -2.44. The number of fused-ring (bicyclic) bond motifs is 1. The van der Waals surface area contributed by atoms with E-state index < -0.39 is 18.0 Å². The van der Waals surface area contributed by atoms with E-state index >= 15 is 0 Å². The van der Waals surface area contributed by atoms with Crippen LogP contribution in [-0.4, -0.2) is 77.7 Å². The number of hydrogen-bond donors (Lipinski definition) is 1. The third-order valence-corrected chi connectivity index (χ3v) is 6.01. The van der Waals surface area contributed by atoms with E-state index in [0.717, 1.165) is 0 Å². The Labute approximate surface area is 180 Å². The van der Waals surface area contributed by atoms with Gasteiger partial charge in [0.2, 0.25) is 5.91 Å².